The third kappa shape index (κ3) is 5.70. The van der Waals surface area contributed by atoms with Gasteiger partial charge in [0.1, 0.15) is 0 Å². The van der Waals surface area contributed by atoms with E-state index in [1.165, 1.54) is 12.8 Å². The summed E-state index contributed by atoms with van der Waals surface area (Å²) in [5.74, 6) is -0.00876. The molecule has 0 aliphatic heterocycles. The van der Waals surface area contributed by atoms with Crippen LogP contribution in [0.3, 0.4) is 0 Å². The molecule has 102 valence electrons. The maximum atomic E-state index is 11.6. The first-order valence-corrected chi connectivity index (χ1v) is 6.16. The molecule has 1 aliphatic carbocycles. The second-order valence-electron chi connectivity index (χ2n) is 4.86. The van der Waals surface area contributed by atoms with Crippen LogP contribution in [0.15, 0.2) is 0 Å². The highest BCUT2D eigenvalue weighted by atomic mass is 35.5. The first kappa shape index (κ1) is 16.7. The highest BCUT2D eigenvalue weighted by molar-refractivity contribution is 5.85. The number of ether oxygens (including phenoxy) is 1. The van der Waals surface area contributed by atoms with Gasteiger partial charge in [0.2, 0.25) is 5.91 Å². The lowest BCUT2D eigenvalue weighted by Gasteiger charge is -2.17. The van der Waals surface area contributed by atoms with Gasteiger partial charge in [-0.3, -0.25) is 4.79 Å². The summed E-state index contributed by atoms with van der Waals surface area (Å²) in [6.45, 7) is 3.57. The molecule has 0 spiro atoms. The number of rotatable bonds is 8. The standard InChI is InChI=1S/C12H24N2O2.ClH/c1-3-4-10(13)11(15)14-9-12(5-6-12)7-8-16-2;/h10H,3-9,13H2,1-2H3,(H,14,15);1H. The Kier molecular flexibility index (Phi) is 7.75. The molecule has 0 saturated heterocycles. The zero-order chi connectivity index (χ0) is 12.0. The van der Waals surface area contributed by atoms with Crippen molar-refractivity contribution in [1.82, 2.24) is 5.32 Å². The average molecular weight is 265 g/mol. The predicted octanol–water partition coefficient (Wildman–Crippen LogP) is 1.47. The molecule has 0 bridgehead atoms. The molecule has 1 atom stereocenters. The maximum absolute atomic E-state index is 11.6. The smallest absolute Gasteiger partial charge is 0.236 e. The molecule has 17 heavy (non-hydrogen) atoms. The number of hydrogen-bond donors (Lipinski definition) is 2. The minimum absolute atomic E-state index is 0. The summed E-state index contributed by atoms with van der Waals surface area (Å²) in [5, 5.41) is 2.96. The number of hydrogen-bond acceptors (Lipinski definition) is 3. The number of carbonyl (C=O) groups is 1. The quantitative estimate of drug-likeness (QED) is 0.698. The highest BCUT2D eigenvalue weighted by Gasteiger charge is 2.42. The van der Waals surface area contributed by atoms with E-state index in [0.29, 0.717) is 5.41 Å². The first-order valence-electron chi connectivity index (χ1n) is 6.16. The van der Waals surface area contributed by atoms with Gasteiger partial charge < -0.3 is 15.8 Å². The van der Waals surface area contributed by atoms with Gasteiger partial charge in [0.05, 0.1) is 6.04 Å². The third-order valence-electron chi connectivity index (χ3n) is 3.37. The number of halogens is 1. The Hall–Kier alpha value is -0.320. The summed E-state index contributed by atoms with van der Waals surface area (Å²) in [6, 6.07) is -0.344. The summed E-state index contributed by atoms with van der Waals surface area (Å²) >= 11 is 0. The predicted molar refractivity (Wildman–Crippen MR) is 71.3 cm³/mol. The Morgan fingerprint density at radius 3 is 2.65 bits per heavy atom. The lowest BCUT2D eigenvalue weighted by atomic mass is 10.0. The van der Waals surface area contributed by atoms with Crippen LogP contribution in [0.1, 0.15) is 39.0 Å². The van der Waals surface area contributed by atoms with Crippen molar-refractivity contribution in [3.05, 3.63) is 0 Å². The minimum atomic E-state index is -0.344. The van der Waals surface area contributed by atoms with Crippen LogP contribution < -0.4 is 11.1 Å². The van der Waals surface area contributed by atoms with Crippen molar-refractivity contribution in [2.45, 2.75) is 45.1 Å². The van der Waals surface area contributed by atoms with Crippen LogP contribution in [0.25, 0.3) is 0 Å². The van der Waals surface area contributed by atoms with Crippen molar-refractivity contribution < 1.29 is 9.53 Å². The molecule has 1 amide bonds. The summed E-state index contributed by atoms with van der Waals surface area (Å²) in [5.41, 5.74) is 6.04. The van der Waals surface area contributed by atoms with Crippen LogP contribution in [0.4, 0.5) is 0 Å². The molecule has 0 radical (unpaired) electrons. The van der Waals surface area contributed by atoms with E-state index in [0.717, 1.165) is 32.4 Å². The number of nitrogens with one attached hydrogen (secondary N) is 1. The highest BCUT2D eigenvalue weighted by Crippen LogP contribution is 2.48. The van der Waals surface area contributed by atoms with Gasteiger partial charge in [0, 0.05) is 20.3 Å². The molecule has 0 aromatic carbocycles. The lowest BCUT2D eigenvalue weighted by Crippen LogP contribution is -2.42. The lowest BCUT2D eigenvalue weighted by molar-refractivity contribution is -0.122. The van der Waals surface area contributed by atoms with E-state index in [-0.39, 0.29) is 24.4 Å². The van der Waals surface area contributed by atoms with Gasteiger partial charge in [-0.1, -0.05) is 13.3 Å². The Morgan fingerprint density at radius 1 is 1.53 bits per heavy atom. The summed E-state index contributed by atoms with van der Waals surface area (Å²) in [4.78, 5) is 11.6. The Morgan fingerprint density at radius 2 is 2.18 bits per heavy atom. The normalized spacial score (nSPS) is 18.1. The average Bonchev–Trinajstić information content (AvgIpc) is 3.04. The van der Waals surface area contributed by atoms with Crippen molar-refractivity contribution in [2.24, 2.45) is 11.1 Å². The van der Waals surface area contributed by atoms with Gasteiger partial charge in [-0.25, -0.2) is 0 Å². The molecule has 0 heterocycles. The molecule has 1 rings (SSSR count). The van der Waals surface area contributed by atoms with E-state index in [4.69, 9.17) is 10.5 Å². The van der Waals surface area contributed by atoms with Crippen molar-refractivity contribution in [3.63, 3.8) is 0 Å². The number of carbonyl (C=O) groups excluding carboxylic acids is 1. The molecule has 0 aromatic heterocycles. The topological polar surface area (TPSA) is 64.4 Å². The van der Waals surface area contributed by atoms with E-state index >= 15 is 0 Å². The number of nitrogens with two attached hydrogens (primary N) is 1. The minimum Gasteiger partial charge on any atom is -0.385 e. The fraction of sp³-hybridized carbons (Fsp3) is 0.917. The maximum Gasteiger partial charge on any atom is 0.236 e. The number of amides is 1. The molecule has 1 unspecified atom stereocenters. The molecule has 5 heteroatoms. The zero-order valence-electron chi connectivity index (χ0n) is 10.8. The van der Waals surface area contributed by atoms with Crippen LogP contribution in [-0.4, -0.2) is 32.2 Å². The molecular formula is C12H25ClN2O2. The van der Waals surface area contributed by atoms with Gasteiger partial charge in [-0.05, 0) is 31.1 Å². The molecule has 1 fully saturated rings. The SMILES string of the molecule is CCCC(N)C(=O)NCC1(CCOC)CC1.Cl. The van der Waals surface area contributed by atoms with Crippen LogP contribution >= 0.6 is 12.4 Å². The second kappa shape index (κ2) is 7.90. The molecule has 3 N–H and O–H groups in total. The van der Waals surface area contributed by atoms with Crippen molar-refractivity contribution in [2.75, 3.05) is 20.3 Å². The Labute approximate surface area is 110 Å². The Bertz CT molecular complexity index is 233. The molecule has 4 nitrogen and oxygen atoms in total. The van der Waals surface area contributed by atoms with Crippen molar-refractivity contribution in [3.8, 4) is 0 Å². The monoisotopic (exact) mass is 264 g/mol. The van der Waals surface area contributed by atoms with E-state index < -0.39 is 0 Å². The van der Waals surface area contributed by atoms with E-state index in [1.54, 1.807) is 7.11 Å². The van der Waals surface area contributed by atoms with E-state index in [1.807, 2.05) is 6.92 Å². The molecule has 0 aromatic rings. The molecule has 1 aliphatic rings. The molecule has 1 saturated carbocycles. The van der Waals surface area contributed by atoms with Crippen LogP contribution in [-0.2, 0) is 9.53 Å². The van der Waals surface area contributed by atoms with Crippen LogP contribution in [0.2, 0.25) is 0 Å². The summed E-state index contributed by atoms with van der Waals surface area (Å²) < 4.78 is 5.07. The Balaban J connectivity index is 0.00000256. The largest absolute Gasteiger partial charge is 0.385 e. The van der Waals surface area contributed by atoms with Crippen LogP contribution in [0.5, 0.6) is 0 Å². The third-order valence-corrected chi connectivity index (χ3v) is 3.37. The van der Waals surface area contributed by atoms with Gasteiger partial charge in [0.15, 0.2) is 0 Å². The van der Waals surface area contributed by atoms with E-state index in [9.17, 15) is 4.79 Å². The summed E-state index contributed by atoms with van der Waals surface area (Å²) in [7, 11) is 1.71. The van der Waals surface area contributed by atoms with Gasteiger partial charge in [-0.2, -0.15) is 0 Å². The van der Waals surface area contributed by atoms with Crippen molar-refractivity contribution >= 4 is 18.3 Å². The summed E-state index contributed by atoms with van der Waals surface area (Å²) in [6.07, 6.45) is 5.13. The van der Waals surface area contributed by atoms with Gasteiger partial charge in [-0.15, -0.1) is 12.4 Å². The van der Waals surface area contributed by atoms with Crippen molar-refractivity contribution in [1.29, 1.82) is 0 Å². The first-order chi connectivity index (χ1) is 7.63. The van der Waals surface area contributed by atoms with E-state index in [2.05, 4.69) is 5.32 Å². The van der Waals surface area contributed by atoms with Gasteiger partial charge in [0.25, 0.3) is 0 Å². The second-order valence-corrected chi connectivity index (χ2v) is 4.86. The number of methoxy groups -OCH3 is 1. The van der Waals surface area contributed by atoms with Crippen LogP contribution in [0, 0.1) is 5.41 Å². The van der Waals surface area contributed by atoms with Gasteiger partial charge >= 0.3 is 0 Å². The zero-order valence-corrected chi connectivity index (χ0v) is 11.6. The fourth-order valence-electron chi connectivity index (χ4n) is 1.86. The molecular weight excluding hydrogens is 240 g/mol. The fourth-order valence-corrected chi connectivity index (χ4v) is 1.86.